The molecule has 26 heavy (non-hydrogen) atoms. The van der Waals surface area contributed by atoms with Crippen molar-refractivity contribution >= 4 is 5.91 Å². The Balaban J connectivity index is 1.61. The number of ether oxygens (including phenoxy) is 1. The van der Waals surface area contributed by atoms with Crippen LogP contribution in [0.1, 0.15) is 56.3 Å². The van der Waals surface area contributed by atoms with Crippen molar-refractivity contribution in [2.24, 2.45) is 11.3 Å². The molecule has 0 bridgehead atoms. The average molecular weight is 359 g/mol. The van der Waals surface area contributed by atoms with E-state index in [1.165, 1.54) is 19.3 Å². The summed E-state index contributed by atoms with van der Waals surface area (Å²) in [4.78, 5) is 15.1. The number of hydrogen-bond acceptors (Lipinski definition) is 3. The van der Waals surface area contributed by atoms with Gasteiger partial charge in [0.1, 0.15) is 0 Å². The molecule has 0 aromatic heterocycles. The first-order valence-corrected chi connectivity index (χ1v) is 10.1. The summed E-state index contributed by atoms with van der Waals surface area (Å²) < 4.78 is 5.52. The van der Waals surface area contributed by atoms with Crippen LogP contribution in [-0.4, -0.2) is 49.7 Å². The Bertz CT molecular complexity index is 583. The number of carbonyl (C=O) groups is 1. The van der Waals surface area contributed by atoms with Crippen LogP contribution in [0.2, 0.25) is 0 Å². The van der Waals surface area contributed by atoms with Crippen LogP contribution in [0.15, 0.2) is 30.3 Å². The highest BCUT2D eigenvalue weighted by molar-refractivity contribution is 5.94. The third-order valence-electron chi connectivity index (χ3n) is 6.82. The van der Waals surface area contributed by atoms with Crippen LogP contribution in [0.4, 0.5) is 0 Å². The van der Waals surface area contributed by atoms with Gasteiger partial charge in [0.05, 0.1) is 0 Å². The molecule has 3 rings (SSSR count). The number of nitrogens with zero attached hydrogens (tertiary/aromatic N) is 1. The van der Waals surface area contributed by atoms with Gasteiger partial charge in [-0.25, -0.2) is 0 Å². The van der Waals surface area contributed by atoms with E-state index in [0.29, 0.717) is 18.0 Å². The summed E-state index contributed by atoms with van der Waals surface area (Å²) in [6.07, 6.45) is 5.89. The number of rotatable bonds is 6. The molecule has 1 amide bonds. The monoisotopic (exact) mass is 358 g/mol. The van der Waals surface area contributed by atoms with Crippen LogP contribution >= 0.6 is 0 Å². The zero-order chi connectivity index (χ0) is 18.6. The molecule has 1 aliphatic carbocycles. The minimum absolute atomic E-state index is 0.0480. The lowest BCUT2D eigenvalue weighted by Crippen LogP contribution is -2.44. The van der Waals surface area contributed by atoms with E-state index in [2.05, 4.69) is 31.1 Å². The van der Waals surface area contributed by atoms with Crippen molar-refractivity contribution in [2.75, 3.05) is 26.8 Å². The van der Waals surface area contributed by atoms with Gasteiger partial charge in [-0.05, 0) is 62.6 Å². The second-order valence-electron chi connectivity index (χ2n) is 8.47. The molecule has 144 valence electrons. The van der Waals surface area contributed by atoms with Crippen LogP contribution in [0.3, 0.4) is 0 Å². The molecular formula is C22H34N2O2. The van der Waals surface area contributed by atoms with E-state index in [4.69, 9.17) is 4.74 Å². The van der Waals surface area contributed by atoms with Gasteiger partial charge in [-0.15, -0.1) is 0 Å². The van der Waals surface area contributed by atoms with Gasteiger partial charge in [-0.1, -0.05) is 32.0 Å². The van der Waals surface area contributed by atoms with Crippen molar-refractivity contribution in [3.63, 3.8) is 0 Å². The molecule has 1 unspecified atom stereocenters. The van der Waals surface area contributed by atoms with Crippen LogP contribution in [0, 0.1) is 11.3 Å². The molecule has 4 nitrogen and oxygen atoms in total. The van der Waals surface area contributed by atoms with Crippen LogP contribution < -0.4 is 5.32 Å². The standard InChI is InChI=1S/C22H34N2O2/c1-17(2)22(16-23-21(25)18-7-5-4-6-8-18)12-9-20(15-22)24(3)19-10-13-26-14-11-19/h4-8,17,19-20H,9-16H2,1-3H3,(H,23,25)/t20?,22-/m1/s1. The summed E-state index contributed by atoms with van der Waals surface area (Å²) in [7, 11) is 2.29. The fourth-order valence-electron chi connectivity index (χ4n) is 4.70. The lowest BCUT2D eigenvalue weighted by Gasteiger charge is -2.38. The summed E-state index contributed by atoms with van der Waals surface area (Å²) in [6.45, 7) is 7.18. The maximum atomic E-state index is 12.5. The number of benzene rings is 1. The minimum Gasteiger partial charge on any atom is -0.381 e. The average Bonchev–Trinajstić information content (AvgIpc) is 3.13. The van der Waals surface area contributed by atoms with Gasteiger partial charge in [-0.3, -0.25) is 4.79 Å². The van der Waals surface area contributed by atoms with Crippen LogP contribution in [0.25, 0.3) is 0 Å². The van der Waals surface area contributed by atoms with Gasteiger partial charge in [0.15, 0.2) is 0 Å². The van der Waals surface area contributed by atoms with Gasteiger partial charge in [0.2, 0.25) is 0 Å². The Morgan fingerprint density at radius 1 is 1.19 bits per heavy atom. The molecule has 2 atom stereocenters. The second-order valence-corrected chi connectivity index (χ2v) is 8.47. The predicted molar refractivity (Wildman–Crippen MR) is 105 cm³/mol. The second kappa shape index (κ2) is 8.53. The Hall–Kier alpha value is -1.39. The molecule has 0 spiro atoms. The van der Waals surface area contributed by atoms with Crippen molar-refractivity contribution < 1.29 is 9.53 Å². The minimum atomic E-state index is 0.0480. The van der Waals surface area contributed by atoms with Crippen molar-refractivity contribution in [2.45, 2.75) is 58.0 Å². The fraction of sp³-hybridized carbons (Fsp3) is 0.682. The number of hydrogen-bond donors (Lipinski definition) is 1. The molecule has 2 fully saturated rings. The SMILES string of the molecule is CC(C)[C@]1(CNC(=O)c2ccccc2)CCC(N(C)C2CCOCC2)C1. The summed E-state index contributed by atoms with van der Waals surface area (Å²) in [5.41, 5.74) is 0.953. The molecule has 0 radical (unpaired) electrons. The van der Waals surface area contributed by atoms with E-state index in [1.807, 2.05) is 30.3 Å². The van der Waals surface area contributed by atoms with Crippen molar-refractivity contribution in [3.8, 4) is 0 Å². The number of amides is 1. The lowest BCUT2D eigenvalue weighted by molar-refractivity contribution is 0.0260. The first-order chi connectivity index (χ1) is 12.5. The summed E-state index contributed by atoms with van der Waals surface area (Å²) in [5.74, 6) is 0.610. The van der Waals surface area contributed by atoms with E-state index in [0.717, 1.165) is 38.2 Å². The Morgan fingerprint density at radius 3 is 2.54 bits per heavy atom. The highest BCUT2D eigenvalue weighted by Gasteiger charge is 2.44. The van der Waals surface area contributed by atoms with Gasteiger partial charge >= 0.3 is 0 Å². The Morgan fingerprint density at radius 2 is 1.88 bits per heavy atom. The largest absolute Gasteiger partial charge is 0.381 e. The van der Waals surface area contributed by atoms with Crippen molar-refractivity contribution in [3.05, 3.63) is 35.9 Å². The van der Waals surface area contributed by atoms with E-state index in [-0.39, 0.29) is 11.3 Å². The molecule has 2 aliphatic rings. The van der Waals surface area contributed by atoms with E-state index in [1.54, 1.807) is 0 Å². The maximum Gasteiger partial charge on any atom is 0.251 e. The Kier molecular flexibility index (Phi) is 6.36. The third kappa shape index (κ3) is 4.29. The zero-order valence-corrected chi connectivity index (χ0v) is 16.5. The smallest absolute Gasteiger partial charge is 0.251 e. The first-order valence-electron chi connectivity index (χ1n) is 10.1. The molecule has 1 saturated carbocycles. The fourth-order valence-corrected chi connectivity index (χ4v) is 4.70. The summed E-state index contributed by atoms with van der Waals surface area (Å²) in [5, 5.41) is 3.22. The highest BCUT2D eigenvalue weighted by atomic mass is 16.5. The molecular weight excluding hydrogens is 324 g/mol. The van der Waals surface area contributed by atoms with Crippen LogP contribution in [-0.2, 0) is 4.74 Å². The third-order valence-corrected chi connectivity index (χ3v) is 6.82. The number of nitrogens with one attached hydrogen (secondary N) is 1. The molecule has 1 aromatic rings. The summed E-state index contributed by atoms with van der Waals surface area (Å²) >= 11 is 0. The van der Waals surface area contributed by atoms with E-state index in [9.17, 15) is 4.79 Å². The van der Waals surface area contributed by atoms with E-state index < -0.39 is 0 Å². The van der Waals surface area contributed by atoms with Gasteiger partial charge in [-0.2, -0.15) is 0 Å². The topological polar surface area (TPSA) is 41.6 Å². The predicted octanol–water partition coefficient (Wildman–Crippen LogP) is 3.72. The molecule has 1 saturated heterocycles. The van der Waals surface area contributed by atoms with Crippen LogP contribution in [0.5, 0.6) is 0 Å². The molecule has 1 N–H and O–H groups in total. The number of carbonyl (C=O) groups excluding carboxylic acids is 1. The lowest BCUT2D eigenvalue weighted by atomic mass is 9.75. The van der Waals surface area contributed by atoms with Crippen molar-refractivity contribution in [1.29, 1.82) is 0 Å². The van der Waals surface area contributed by atoms with Gasteiger partial charge in [0.25, 0.3) is 5.91 Å². The molecule has 4 heteroatoms. The highest BCUT2D eigenvalue weighted by Crippen LogP contribution is 2.46. The van der Waals surface area contributed by atoms with Gasteiger partial charge in [0, 0.05) is 37.4 Å². The molecule has 1 aromatic carbocycles. The van der Waals surface area contributed by atoms with Crippen molar-refractivity contribution in [1.82, 2.24) is 10.2 Å². The Labute approximate surface area is 158 Å². The van der Waals surface area contributed by atoms with E-state index >= 15 is 0 Å². The molecule has 1 aliphatic heterocycles. The summed E-state index contributed by atoms with van der Waals surface area (Å²) in [6, 6.07) is 10.8. The quantitative estimate of drug-likeness (QED) is 0.843. The van der Waals surface area contributed by atoms with Gasteiger partial charge < -0.3 is 15.0 Å². The molecule has 1 heterocycles. The maximum absolute atomic E-state index is 12.5. The zero-order valence-electron chi connectivity index (χ0n) is 16.5. The normalized spacial score (nSPS) is 27.2. The first kappa shape index (κ1) is 19.4.